The molecule has 7 nitrogen and oxygen atoms in total. The minimum atomic E-state index is -2.90. The number of rotatable bonds is 5. The molecule has 2 saturated heterocycles. The molecular formula is C19H27N3O4S. The maximum atomic E-state index is 12.8. The summed E-state index contributed by atoms with van der Waals surface area (Å²) in [4.78, 5) is 28.3. The Kier molecular flexibility index (Phi) is 6.16. The van der Waals surface area contributed by atoms with Crippen LogP contribution in [0.25, 0.3) is 0 Å². The lowest BCUT2D eigenvalue weighted by Crippen LogP contribution is -2.52. The van der Waals surface area contributed by atoms with E-state index in [-0.39, 0.29) is 41.8 Å². The Balaban J connectivity index is 1.55. The first-order valence-electron chi connectivity index (χ1n) is 9.38. The molecule has 0 radical (unpaired) electrons. The lowest BCUT2D eigenvalue weighted by molar-refractivity contribution is -0.134. The summed E-state index contributed by atoms with van der Waals surface area (Å²) < 4.78 is 23.3. The molecular weight excluding hydrogens is 366 g/mol. The van der Waals surface area contributed by atoms with E-state index in [1.165, 1.54) is 6.92 Å². The summed E-state index contributed by atoms with van der Waals surface area (Å²) in [5, 5.41) is 2.87. The molecule has 1 aromatic rings. The van der Waals surface area contributed by atoms with Crippen molar-refractivity contribution in [3.63, 3.8) is 0 Å². The quantitative estimate of drug-likeness (QED) is 0.791. The summed E-state index contributed by atoms with van der Waals surface area (Å²) in [5.74, 6) is 0.353. The normalized spacial score (nSPS) is 23.7. The van der Waals surface area contributed by atoms with Gasteiger partial charge in [0.05, 0.1) is 24.0 Å². The van der Waals surface area contributed by atoms with Crippen LogP contribution in [-0.4, -0.2) is 73.8 Å². The van der Waals surface area contributed by atoms with Gasteiger partial charge in [0.15, 0.2) is 9.84 Å². The predicted octanol–water partition coefficient (Wildman–Crippen LogP) is 0.585. The number of nitrogens with zero attached hydrogens (tertiary/aromatic N) is 2. The number of sulfone groups is 1. The Morgan fingerprint density at radius 3 is 2.37 bits per heavy atom. The highest BCUT2D eigenvalue weighted by atomic mass is 32.2. The zero-order valence-corrected chi connectivity index (χ0v) is 16.5. The third-order valence-electron chi connectivity index (χ3n) is 5.35. The Hall–Kier alpha value is -1.93. The van der Waals surface area contributed by atoms with Gasteiger partial charge in [0, 0.05) is 39.1 Å². The van der Waals surface area contributed by atoms with Crippen LogP contribution in [0.15, 0.2) is 30.3 Å². The Labute approximate surface area is 160 Å². The van der Waals surface area contributed by atoms with Crippen LogP contribution in [-0.2, 0) is 19.4 Å². The molecule has 1 aromatic carbocycles. The molecule has 148 valence electrons. The van der Waals surface area contributed by atoms with Gasteiger partial charge in [-0.15, -0.1) is 0 Å². The third kappa shape index (κ3) is 5.29. The summed E-state index contributed by atoms with van der Waals surface area (Å²) in [7, 11) is -2.90. The van der Waals surface area contributed by atoms with Crippen LogP contribution in [0.1, 0.15) is 31.4 Å². The summed E-state index contributed by atoms with van der Waals surface area (Å²) in [6.07, 6.45) is 0.913. The van der Waals surface area contributed by atoms with E-state index in [0.29, 0.717) is 32.6 Å². The average molecular weight is 394 g/mol. The van der Waals surface area contributed by atoms with Crippen LogP contribution in [0.2, 0.25) is 0 Å². The fourth-order valence-electron chi connectivity index (χ4n) is 3.89. The SMILES string of the molecule is CC(=O)N[C@@H](CC(=O)N1CCN([C@H]2CCS(=O)(=O)C2)CC1)c1ccccc1. The second-order valence-corrected chi connectivity index (χ2v) is 9.57. The van der Waals surface area contributed by atoms with Gasteiger partial charge in [0.25, 0.3) is 0 Å². The maximum absolute atomic E-state index is 12.8. The molecule has 3 rings (SSSR count). The standard InChI is InChI=1S/C19H27N3O4S/c1-15(23)20-18(16-5-3-2-4-6-16)13-19(24)22-10-8-21(9-11-22)17-7-12-27(25,26)14-17/h2-6,17-18H,7-14H2,1H3,(H,20,23)/t17-,18-/m0/s1. The van der Waals surface area contributed by atoms with E-state index in [9.17, 15) is 18.0 Å². The van der Waals surface area contributed by atoms with Gasteiger partial charge in [-0.3, -0.25) is 14.5 Å². The fraction of sp³-hybridized carbons (Fsp3) is 0.579. The molecule has 0 unspecified atom stereocenters. The first kappa shape index (κ1) is 19.8. The molecule has 0 bridgehead atoms. The van der Waals surface area contributed by atoms with Gasteiger partial charge in [-0.1, -0.05) is 30.3 Å². The summed E-state index contributed by atoms with van der Waals surface area (Å²) in [6, 6.07) is 9.25. The summed E-state index contributed by atoms with van der Waals surface area (Å²) in [5.41, 5.74) is 0.913. The Morgan fingerprint density at radius 1 is 1.15 bits per heavy atom. The number of hydrogen-bond acceptors (Lipinski definition) is 5. The number of benzene rings is 1. The smallest absolute Gasteiger partial charge is 0.225 e. The van der Waals surface area contributed by atoms with Gasteiger partial charge in [-0.05, 0) is 12.0 Å². The number of carbonyl (C=O) groups is 2. The van der Waals surface area contributed by atoms with Gasteiger partial charge in [-0.2, -0.15) is 0 Å². The summed E-state index contributed by atoms with van der Waals surface area (Å²) >= 11 is 0. The highest BCUT2D eigenvalue weighted by molar-refractivity contribution is 7.91. The monoisotopic (exact) mass is 393 g/mol. The van der Waals surface area contributed by atoms with Gasteiger partial charge in [-0.25, -0.2) is 8.42 Å². The van der Waals surface area contributed by atoms with Crippen molar-refractivity contribution in [2.45, 2.75) is 31.8 Å². The van der Waals surface area contributed by atoms with Crippen LogP contribution in [0.3, 0.4) is 0 Å². The summed E-state index contributed by atoms with van der Waals surface area (Å²) in [6.45, 7) is 4.03. The molecule has 2 atom stereocenters. The highest BCUT2D eigenvalue weighted by Gasteiger charge is 2.34. The molecule has 2 aliphatic heterocycles. The second-order valence-electron chi connectivity index (χ2n) is 7.34. The minimum Gasteiger partial charge on any atom is -0.349 e. The van der Waals surface area contributed by atoms with Crippen molar-refractivity contribution in [1.29, 1.82) is 0 Å². The van der Waals surface area contributed by atoms with Crippen molar-refractivity contribution < 1.29 is 18.0 Å². The molecule has 0 aliphatic carbocycles. The maximum Gasteiger partial charge on any atom is 0.225 e. The number of nitrogens with one attached hydrogen (secondary N) is 1. The van der Waals surface area contributed by atoms with Crippen molar-refractivity contribution in [2.75, 3.05) is 37.7 Å². The first-order chi connectivity index (χ1) is 12.8. The van der Waals surface area contributed by atoms with E-state index in [4.69, 9.17) is 0 Å². The lowest BCUT2D eigenvalue weighted by atomic mass is 10.0. The third-order valence-corrected chi connectivity index (χ3v) is 7.10. The van der Waals surface area contributed by atoms with Gasteiger partial charge in [0.1, 0.15) is 0 Å². The largest absolute Gasteiger partial charge is 0.349 e. The van der Waals surface area contributed by atoms with Crippen molar-refractivity contribution >= 4 is 21.7 Å². The number of amides is 2. The van der Waals surface area contributed by atoms with E-state index in [2.05, 4.69) is 10.2 Å². The van der Waals surface area contributed by atoms with E-state index in [1.54, 1.807) is 0 Å². The molecule has 2 aliphatic rings. The predicted molar refractivity (Wildman–Crippen MR) is 103 cm³/mol. The minimum absolute atomic E-state index is 0.0105. The van der Waals surface area contributed by atoms with Gasteiger partial charge < -0.3 is 10.2 Å². The lowest BCUT2D eigenvalue weighted by Gasteiger charge is -2.38. The van der Waals surface area contributed by atoms with Gasteiger partial charge >= 0.3 is 0 Å². The zero-order chi connectivity index (χ0) is 19.4. The van der Waals surface area contributed by atoms with Crippen LogP contribution in [0, 0.1) is 0 Å². The molecule has 2 amide bonds. The Bertz CT molecular complexity index is 773. The number of piperazine rings is 1. The Morgan fingerprint density at radius 2 is 1.81 bits per heavy atom. The second kappa shape index (κ2) is 8.39. The van der Waals surface area contributed by atoms with Crippen molar-refractivity contribution in [1.82, 2.24) is 15.1 Å². The topological polar surface area (TPSA) is 86.8 Å². The molecule has 0 spiro atoms. The van der Waals surface area contributed by atoms with Crippen molar-refractivity contribution in [3.05, 3.63) is 35.9 Å². The van der Waals surface area contributed by atoms with Crippen molar-refractivity contribution in [3.8, 4) is 0 Å². The van der Waals surface area contributed by atoms with Crippen LogP contribution < -0.4 is 5.32 Å². The number of carbonyl (C=O) groups excluding carboxylic acids is 2. The molecule has 2 heterocycles. The highest BCUT2D eigenvalue weighted by Crippen LogP contribution is 2.21. The number of hydrogen-bond donors (Lipinski definition) is 1. The average Bonchev–Trinajstić information content (AvgIpc) is 3.01. The van der Waals surface area contributed by atoms with Crippen LogP contribution in [0.4, 0.5) is 0 Å². The molecule has 8 heteroatoms. The van der Waals surface area contributed by atoms with Crippen LogP contribution in [0.5, 0.6) is 0 Å². The molecule has 27 heavy (non-hydrogen) atoms. The zero-order valence-electron chi connectivity index (χ0n) is 15.6. The van der Waals surface area contributed by atoms with E-state index < -0.39 is 9.84 Å². The van der Waals surface area contributed by atoms with E-state index in [0.717, 1.165) is 5.56 Å². The molecule has 2 fully saturated rings. The van der Waals surface area contributed by atoms with Crippen molar-refractivity contribution in [2.24, 2.45) is 0 Å². The van der Waals surface area contributed by atoms with Crippen LogP contribution >= 0.6 is 0 Å². The van der Waals surface area contributed by atoms with Gasteiger partial charge in [0.2, 0.25) is 11.8 Å². The first-order valence-corrected chi connectivity index (χ1v) is 11.2. The van der Waals surface area contributed by atoms with E-state index >= 15 is 0 Å². The molecule has 0 aromatic heterocycles. The molecule has 0 saturated carbocycles. The van der Waals surface area contributed by atoms with E-state index in [1.807, 2.05) is 35.2 Å². The molecule has 1 N–H and O–H groups in total. The fourth-order valence-corrected chi connectivity index (χ4v) is 5.65.